The SMILES string of the molecule is CCC1(C(CCCC2CCCO2)NN)CCCC1. The predicted molar refractivity (Wildman–Crippen MR) is 75.1 cm³/mol. The zero-order chi connectivity index (χ0) is 12.8. The van der Waals surface area contributed by atoms with E-state index in [1.54, 1.807) is 0 Å². The first-order chi connectivity index (χ1) is 8.80. The Morgan fingerprint density at radius 1 is 1.33 bits per heavy atom. The summed E-state index contributed by atoms with van der Waals surface area (Å²) in [5.41, 5.74) is 3.60. The van der Waals surface area contributed by atoms with Crippen molar-refractivity contribution in [3.63, 3.8) is 0 Å². The molecule has 0 radical (unpaired) electrons. The van der Waals surface area contributed by atoms with E-state index in [1.807, 2.05) is 0 Å². The van der Waals surface area contributed by atoms with Crippen LogP contribution in [-0.2, 0) is 4.74 Å². The standard InChI is InChI=1S/C15H30N2O/c1-2-15(10-3-4-11-15)14(17-16)9-5-7-13-8-6-12-18-13/h13-14,17H,2-12,16H2,1H3. The van der Waals surface area contributed by atoms with E-state index in [0.717, 1.165) is 6.61 Å². The molecule has 0 amide bonds. The number of hydrogen-bond donors (Lipinski definition) is 2. The lowest BCUT2D eigenvalue weighted by molar-refractivity contribution is 0.0970. The zero-order valence-electron chi connectivity index (χ0n) is 11.9. The molecular weight excluding hydrogens is 224 g/mol. The van der Waals surface area contributed by atoms with Gasteiger partial charge in [-0.05, 0) is 56.8 Å². The fraction of sp³-hybridized carbons (Fsp3) is 1.00. The van der Waals surface area contributed by atoms with Crippen molar-refractivity contribution >= 4 is 0 Å². The first-order valence-electron chi connectivity index (χ1n) is 7.88. The van der Waals surface area contributed by atoms with Crippen LogP contribution in [-0.4, -0.2) is 18.8 Å². The van der Waals surface area contributed by atoms with E-state index in [9.17, 15) is 0 Å². The van der Waals surface area contributed by atoms with Crippen LogP contribution in [0.25, 0.3) is 0 Å². The molecule has 0 spiro atoms. The van der Waals surface area contributed by atoms with Crippen molar-refractivity contribution < 1.29 is 4.74 Å². The summed E-state index contributed by atoms with van der Waals surface area (Å²) in [6, 6.07) is 0.506. The Morgan fingerprint density at radius 2 is 2.11 bits per heavy atom. The van der Waals surface area contributed by atoms with Gasteiger partial charge < -0.3 is 4.74 Å². The molecule has 1 saturated carbocycles. The van der Waals surface area contributed by atoms with Gasteiger partial charge in [0.2, 0.25) is 0 Å². The second-order valence-electron chi connectivity index (χ2n) is 6.21. The molecular formula is C15H30N2O. The monoisotopic (exact) mass is 254 g/mol. The molecule has 2 rings (SSSR count). The van der Waals surface area contributed by atoms with Crippen LogP contribution in [0.1, 0.15) is 71.1 Å². The minimum absolute atomic E-state index is 0.477. The van der Waals surface area contributed by atoms with Gasteiger partial charge in [0.15, 0.2) is 0 Å². The number of ether oxygens (including phenoxy) is 1. The van der Waals surface area contributed by atoms with E-state index in [1.165, 1.54) is 64.2 Å². The third kappa shape index (κ3) is 3.25. The highest BCUT2D eigenvalue weighted by Gasteiger charge is 2.38. The van der Waals surface area contributed by atoms with E-state index in [-0.39, 0.29) is 0 Å². The molecule has 106 valence electrons. The second-order valence-corrected chi connectivity index (χ2v) is 6.21. The minimum atomic E-state index is 0.477. The first kappa shape index (κ1) is 14.3. The predicted octanol–water partition coefficient (Wildman–Crippen LogP) is 3.14. The summed E-state index contributed by atoms with van der Waals surface area (Å²) in [7, 11) is 0. The maximum atomic E-state index is 5.83. The summed E-state index contributed by atoms with van der Waals surface area (Å²) in [6.07, 6.45) is 13.5. The molecule has 3 nitrogen and oxygen atoms in total. The van der Waals surface area contributed by atoms with Gasteiger partial charge in [0.05, 0.1) is 6.10 Å². The topological polar surface area (TPSA) is 47.3 Å². The molecule has 1 aliphatic carbocycles. The Hall–Kier alpha value is -0.120. The van der Waals surface area contributed by atoms with Crippen molar-refractivity contribution in [3.8, 4) is 0 Å². The van der Waals surface area contributed by atoms with Crippen LogP contribution in [0.5, 0.6) is 0 Å². The van der Waals surface area contributed by atoms with Gasteiger partial charge in [0.25, 0.3) is 0 Å². The van der Waals surface area contributed by atoms with E-state index in [0.29, 0.717) is 17.6 Å². The van der Waals surface area contributed by atoms with Crippen LogP contribution in [0.4, 0.5) is 0 Å². The Labute approximate surface area is 112 Å². The van der Waals surface area contributed by atoms with Crippen molar-refractivity contribution in [2.45, 2.75) is 83.3 Å². The van der Waals surface area contributed by atoms with E-state index >= 15 is 0 Å². The van der Waals surface area contributed by atoms with E-state index < -0.39 is 0 Å². The normalized spacial score (nSPS) is 28.7. The minimum Gasteiger partial charge on any atom is -0.378 e. The summed E-state index contributed by atoms with van der Waals surface area (Å²) in [5, 5.41) is 0. The molecule has 1 saturated heterocycles. The molecule has 2 fully saturated rings. The van der Waals surface area contributed by atoms with Crippen LogP contribution in [0.15, 0.2) is 0 Å². The maximum absolute atomic E-state index is 5.83. The molecule has 3 N–H and O–H groups in total. The lowest BCUT2D eigenvalue weighted by Gasteiger charge is -2.36. The summed E-state index contributed by atoms with van der Waals surface area (Å²) < 4.78 is 5.69. The number of hydrazine groups is 1. The number of rotatable bonds is 7. The second kappa shape index (κ2) is 6.88. The highest BCUT2D eigenvalue weighted by Crippen LogP contribution is 2.45. The van der Waals surface area contributed by atoms with Gasteiger partial charge in [-0.1, -0.05) is 19.8 Å². The quantitative estimate of drug-likeness (QED) is 0.542. The van der Waals surface area contributed by atoms with Crippen LogP contribution >= 0.6 is 0 Å². The number of nitrogens with one attached hydrogen (secondary N) is 1. The molecule has 2 atom stereocenters. The molecule has 1 heterocycles. The van der Waals surface area contributed by atoms with Crippen LogP contribution in [0.3, 0.4) is 0 Å². The first-order valence-corrected chi connectivity index (χ1v) is 7.88. The Kier molecular flexibility index (Phi) is 5.46. The van der Waals surface area contributed by atoms with Gasteiger partial charge >= 0.3 is 0 Å². The Balaban J connectivity index is 1.77. The van der Waals surface area contributed by atoms with Crippen molar-refractivity contribution in [1.29, 1.82) is 0 Å². The van der Waals surface area contributed by atoms with E-state index in [2.05, 4.69) is 12.3 Å². The van der Waals surface area contributed by atoms with E-state index in [4.69, 9.17) is 10.6 Å². The van der Waals surface area contributed by atoms with Crippen molar-refractivity contribution in [2.75, 3.05) is 6.61 Å². The van der Waals surface area contributed by atoms with Gasteiger partial charge in [-0.2, -0.15) is 0 Å². The maximum Gasteiger partial charge on any atom is 0.0576 e. The third-order valence-corrected chi connectivity index (χ3v) is 5.29. The Morgan fingerprint density at radius 3 is 2.67 bits per heavy atom. The van der Waals surface area contributed by atoms with Crippen molar-refractivity contribution in [1.82, 2.24) is 5.43 Å². The molecule has 3 heteroatoms. The summed E-state index contributed by atoms with van der Waals surface area (Å²) in [4.78, 5) is 0. The van der Waals surface area contributed by atoms with Gasteiger partial charge in [-0.3, -0.25) is 11.3 Å². The van der Waals surface area contributed by atoms with Crippen molar-refractivity contribution in [3.05, 3.63) is 0 Å². The zero-order valence-corrected chi connectivity index (χ0v) is 11.9. The molecule has 18 heavy (non-hydrogen) atoms. The Bertz CT molecular complexity index is 233. The fourth-order valence-electron chi connectivity index (χ4n) is 4.02. The smallest absolute Gasteiger partial charge is 0.0576 e. The van der Waals surface area contributed by atoms with Gasteiger partial charge in [-0.25, -0.2) is 0 Å². The van der Waals surface area contributed by atoms with Crippen LogP contribution < -0.4 is 11.3 Å². The van der Waals surface area contributed by atoms with Crippen LogP contribution in [0.2, 0.25) is 0 Å². The third-order valence-electron chi connectivity index (χ3n) is 5.29. The lowest BCUT2D eigenvalue weighted by atomic mass is 9.74. The largest absolute Gasteiger partial charge is 0.378 e. The van der Waals surface area contributed by atoms with Crippen LogP contribution in [0, 0.1) is 5.41 Å². The molecule has 2 aliphatic rings. The molecule has 0 aromatic heterocycles. The molecule has 1 aliphatic heterocycles. The van der Waals surface area contributed by atoms with Gasteiger partial charge in [0.1, 0.15) is 0 Å². The van der Waals surface area contributed by atoms with Gasteiger partial charge in [0, 0.05) is 12.6 Å². The molecule has 2 unspecified atom stereocenters. The molecule has 0 aromatic rings. The van der Waals surface area contributed by atoms with Gasteiger partial charge in [-0.15, -0.1) is 0 Å². The van der Waals surface area contributed by atoms with Crippen molar-refractivity contribution in [2.24, 2.45) is 11.3 Å². The lowest BCUT2D eigenvalue weighted by Crippen LogP contribution is -2.47. The highest BCUT2D eigenvalue weighted by atomic mass is 16.5. The average molecular weight is 254 g/mol. The fourth-order valence-corrected chi connectivity index (χ4v) is 4.02. The highest BCUT2D eigenvalue weighted by molar-refractivity contribution is 4.93. The average Bonchev–Trinajstić information content (AvgIpc) is 3.06. The number of hydrogen-bond acceptors (Lipinski definition) is 3. The number of nitrogens with two attached hydrogens (primary N) is 1. The summed E-state index contributed by atoms with van der Waals surface area (Å²) in [6.45, 7) is 3.30. The molecule has 0 bridgehead atoms. The summed E-state index contributed by atoms with van der Waals surface area (Å²) in [5.74, 6) is 5.83. The molecule has 0 aromatic carbocycles. The summed E-state index contributed by atoms with van der Waals surface area (Å²) >= 11 is 0.